The summed E-state index contributed by atoms with van der Waals surface area (Å²) in [7, 11) is 1.54. The second-order valence-electron chi connectivity index (χ2n) is 5.21. The molecule has 4 heteroatoms. The molecule has 0 saturated heterocycles. The number of aliphatic hydroxyl groups is 1. The summed E-state index contributed by atoms with van der Waals surface area (Å²) in [6.45, 7) is 1.11. The zero-order chi connectivity index (χ0) is 13.7. The van der Waals surface area contributed by atoms with E-state index in [4.69, 9.17) is 4.74 Å². The minimum atomic E-state index is -0.282. The summed E-state index contributed by atoms with van der Waals surface area (Å²) in [5.41, 5.74) is 0.790. The van der Waals surface area contributed by atoms with E-state index < -0.39 is 0 Å². The van der Waals surface area contributed by atoms with E-state index in [9.17, 15) is 10.2 Å². The van der Waals surface area contributed by atoms with E-state index in [1.54, 1.807) is 6.07 Å². The van der Waals surface area contributed by atoms with Crippen LogP contribution >= 0.6 is 0 Å². The maximum atomic E-state index is 10.0. The van der Waals surface area contributed by atoms with Crippen LogP contribution in [0.15, 0.2) is 18.2 Å². The maximum Gasteiger partial charge on any atom is 0.162 e. The number of nitrogens with one attached hydrogen (secondary N) is 1. The van der Waals surface area contributed by atoms with Crippen LogP contribution in [-0.4, -0.2) is 30.0 Å². The molecular formula is C15H23NO3. The van der Waals surface area contributed by atoms with Crippen molar-refractivity contribution in [3.63, 3.8) is 0 Å². The van der Waals surface area contributed by atoms with Crippen molar-refractivity contribution in [1.82, 2.24) is 5.32 Å². The molecule has 1 atom stereocenters. The second kappa shape index (κ2) is 6.78. The first kappa shape index (κ1) is 14.2. The molecule has 1 saturated carbocycles. The van der Waals surface area contributed by atoms with Gasteiger partial charge in [0.1, 0.15) is 0 Å². The zero-order valence-electron chi connectivity index (χ0n) is 11.4. The number of methoxy groups -OCH3 is 1. The molecular weight excluding hydrogens is 242 g/mol. The van der Waals surface area contributed by atoms with Crippen molar-refractivity contribution in [2.75, 3.05) is 13.7 Å². The van der Waals surface area contributed by atoms with Crippen molar-refractivity contribution in [2.45, 2.75) is 38.3 Å². The highest BCUT2D eigenvalue weighted by atomic mass is 16.5. The lowest BCUT2D eigenvalue weighted by Crippen LogP contribution is -2.31. The van der Waals surface area contributed by atoms with Crippen LogP contribution < -0.4 is 10.1 Å². The van der Waals surface area contributed by atoms with Crippen LogP contribution in [0.2, 0.25) is 0 Å². The fraction of sp³-hybridized carbons (Fsp3) is 0.600. The van der Waals surface area contributed by atoms with Gasteiger partial charge < -0.3 is 20.3 Å². The summed E-state index contributed by atoms with van der Waals surface area (Å²) >= 11 is 0. The monoisotopic (exact) mass is 265 g/mol. The maximum absolute atomic E-state index is 10.0. The molecule has 106 valence electrons. The fourth-order valence-corrected chi connectivity index (χ4v) is 2.74. The van der Waals surface area contributed by atoms with Crippen LogP contribution in [0.3, 0.4) is 0 Å². The van der Waals surface area contributed by atoms with Crippen LogP contribution in [0, 0.1) is 5.92 Å². The molecule has 3 N–H and O–H groups in total. The van der Waals surface area contributed by atoms with Crippen molar-refractivity contribution >= 4 is 0 Å². The lowest BCUT2D eigenvalue weighted by atomic mass is 10.0. The van der Waals surface area contributed by atoms with E-state index in [0.29, 0.717) is 24.8 Å². The van der Waals surface area contributed by atoms with Crippen molar-refractivity contribution in [1.29, 1.82) is 0 Å². The first-order chi connectivity index (χ1) is 9.22. The summed E-state index contributed by atoms with van der Waals surface area (Å²) in [6, 6.07) is 5.43. The number of para-hydroxylation sites is 1. The van der Waals surface area contributed by atoms with Crippen LogP contribution in [0.1, 0.15) is 31.2 Å². The van der Waals surface area contributed by atoms with Crippen LogP contribution in [0.25, 0.3) is 0 Å². The smallest absolute Gasteiger partial charge is 0.162 e. The van der Waals surface area contributed by atoms with Crippen molar-refractivity contribution in [2.24, 2.45) is 5.92 Å². The molecule has 2 rings (SSSR count). The molecule has 1 unspecified atom stereocenters. The molecule has 1 aliphatic rings. The van der Waals surface area contributed by atoms with Gasteiger partial charge in [0, 0.05) is 18.7 Å². The number of ether oxygens (including phenoxy) is 1. The van der Waals surface area contributed by atoms with Gasteiger partial charge in [0.05, 0.1) is 13.2 Å². The molecule has 0 amide bonds. The Morgan fingerprint density at radius 3 is 2.79 bits per heavy atom. The first-order valence-electron chi connectivity index (χ1n) is 6.96. The number of aliphatic hydroxyl groups excluding tert-OH is 1. The highest BCUT2D eigenvalue weighted by Gasteiger charge is 2.22. The Balaban J connectivity index is 1.82. The van der Waals surface area contributed by atoms with Crippen LogP contribution in [0.5, 0.6) is 11.5 Å². The third-order valence-corrected chi connectivity index (χ3v) is 3.92. The van der Waals surface area contributed by atoms with Gasteiger partial charge in [0.15, 0.2) is 11.5 Å². The lowest BCUT2D eigenvalue weighted by Gasteiger charge is -2.18. The summed E-state index contributed by atoms with van der Waals surface area (Å²) in [5, 5.41) is 23.2. The topological polar surface area (TPSA) is 61.7 Å². The Morgan fingerprint density at radius 1 is 1.37 bits per heavy atom. The molecule has 0 spiro atoms. The minimum absolute atomic E-state index is 0.174. The van der Waals surface area contributed by atoms with E-state index in [0.717, 1.165) is 18.4 Å². The summed E-state index contributed by atoms with van der Waals surface area (Å²) in [5.74, 6) is 1.09. The standard InChI is InChI=1S/C15H23NO3/c1-19-14-8-4-7-12(15(14)18)9-16-10-13(17)11-5-2-3-6-11/h4,7-8,11,13,16-18H,2-3,5-6,9-10H2,1H3. The quantitative estimate of drug-likeness (QED) is 0.736. The molecule has 0 bridgehead atoms. The number of phenols is 1. The number of aromatic hydroxyl groups is 1. The van der Waals surface area contributed by atoms with Crippen molar-refractivity contribution in [3.8, 4) is 11.5 Å². The van der Waals surface area contributed by atoms with Gasteiger partial charge >= 0.3 is 0 Å². The Morgan fingerprint density at radius 2 is 2.11 bits per heavy atom. The van der Waals surface area contributed by atoms with E-state index in [2.05, 4.69) is 5.32 Å². The Kier molecular flexibility index (Phi) is 5.05. The molecule has 1 fully saturated rings. The highest BCUT2D eigenvalue weighted by molar-refractivity contribution is 5.45. The molecule has 0 radical (unpaired) electrons. The minimum Gasteiger partial charge on any atom is -0.504 e. The summed E-state index contributed by atoms with van der Waals surface area (Å²) < 4.78 is 5.07. The number of benzene rings is 1. The SMILES string of the molecule is COc1cccc(CNCC(O)C2CCCC2)c1O. The van der Waals surface area contributed by atoms with Crippen molar-refractivity contribution < 1.29 is 14.9 Å². The molecule has 19 heavy (non-hydrogen) atoms. The third-order valence-electron chi connectivity index (χ3n) is 3.92. The van der Waals surface area contributed by atoms with Crippen LogP contribution in [0.4, 0.5) is 0 Å². The highest BCUT2D eigenvalue weighted by Crippen LogP contribution is 2.29. The second-order valence-corrected chi connectivity index (χ2v) is 5.21. The molecule has 0 aromatic heterocycles. The molecule has 4 nitrogen and oxygen atoms in total. The lowest BCUT2D eigenvalue weighted by molar-refractivity contribution is 0.109. The van der Waals surface area contributed by atoms with E-state index in [1.807, 2.05) is 12.1 Å². The van der Waals surface area contributed by atoms with Gasteiger partial charge in [0.25, 0.3) is 0 Å². The molecule has 1 aliphatic carbocycles. The van der Waals surface area contributed by atoms with Gasteiger partial charge in [-0.05, 0) is 24.8 Å². The van der Waals surface area contributed by atoms with Gasteiger partial charge in [-0.3, -0.25) is 0 Å². The third kappa shape index (κ3) is 3.61. The number of hydrogen-bond acceptors (Lipinski definition) is 4. The zero-order valence-corrected chi connectivity index (χ0v) is 11.4. The largest absolute Gasteiger partial charge is 0.504 e. The Hall–Kier alpha value is -1.26. The van der Waals surface area contributed by atoms with Gasteiger partial charge in [0.2, 0.25) is 0 Å². The molecule has 1 aromatic carbocycles. The fourth-order valence-electron chi connectivity index (χ4n) is 2.74. The molecule has 0 aliphatic heterocycles. The van der Waals surface area contributed by atoms with E-state index in [-0.39, 0.29) is 11.9 Å². The average molecular weight is 265 g/mol. The summed E-state index contributed by atoms with van der Waals surface area (Å²) in [4.78, 5) is 0. The predicted octanol–water partition coefficient (Wildman–Crippen LogP) is 2.04. The van der Waals surface area contributed by atoms with Gasteiger partial charge in [-0.15, -0.1) is 0 Å². The van der Waals surface area contributed by atoms with Crippen LogP contribution in [-0.2, 0) is 6.54 Å². The Labute approximate surface area is 114 Å². The predicted molar refractivity (Wildman–Crippen MR) is 74.3 cm³/mol. The number of phenolic OH excluding ortho intramolecular Hbond substituents is 1. The van der Waals surface area contributed by atoms with Gasteiger partial charge in [-0.1, -0.05) is 25.0 Å². The normalized spacial score (nSPS) is 17.6. The summed E-state index contributed by atoms with van der Waals surface area (Å²) in [6.07, 6.45) is 4.45. The van der Waals surface area contributed by atoms with Gasteiger partial charge in [-0.2, -0.15) is 0 Å². The van der Waals surface area contributed by atoms with E-state index >= 15 is 0 Å². The average Bonchev–Trinajstić information content (AvgIpc) is 2.94. The first-order valence-corrected chi connectivity index (χ1v) is 6.96. The van der Waals surface area contributed by atoms with Gasteiger partial charge in [-0.25, -0.2) is 0 Å². The number of hydrogen-bond donors (Lipinski definition) is 3. The van der Waals surface area contributed by atoms with Crippen molar-refractivity contribution in [3.05, 3.63) is 23.8 Å². The van der Waals surface area contributed by atoms with E-state index in [1.165, 1.54) is 20.0 Å². The Bertz CT molecular complexity index is 402. The molecule has 1 aromatic rings. The number of rotatable bonds is 6. The molecule has 0 heterocycles.